The zero-order valence-electron chi connectivity index (χ0n) is 7.58. The first kappa shape index (κ1) is 30.7. The van der Waals surface area contributed by atoms with Gasteiger partial charge in [-0.15, -0.1) is 52.6 Å². The van der Waals surface area contributed by atoms with Crippen LogP contribution in [0.4, 0.5) is 0 Å². The van der Waals surface area contributed by atoms with E-state index in [-0.39, 0.29) is 0 Å². The summed E-state index contributed by atoms with van der Waals surface area (Å²) in [5.41, 5.74) is 0. The third-order valence-electron chi connectivity index (χ3n) is 0. The van der Waals surface area contributed by atoms with E-state index in [1.165, 1.54) is 0 Å². The van der Waals surface area contributed by atoms with Crippen molar-refractivity contribution in [1.82, 2.24) is 0 Å². The Bertz CT molecular complexity index is 40.8. The maximum atomic E-state index is 7.17. The largest absolute Gasteiger partial charge is 0.631 e. The molecule has 0 saturated carbocycles. The summed E-state index contributed by atoms with van der Waals surface area (Å²) >= 11 is 0. The van der Waals surface area contributed by atoms with Crippen LogP contribution >= 0.6 is 0 Å². The van der Waals surface area contributed by atoms with E-state index >= 15 is 0 Å². The fourth-order valence-corrected chi connectivity index (χ4v) is 0. The van der Waals surface area contributed by atoms with Crippen molar-refractivity contribution in [2.45, 2.75) is 0 Å². The lowest BCUT2D eigenvalue weighted by Gasteiger charge is -1.69. The second kappa shape index (κ2) is 216. The van der Waals surface area contributed by atoms with Gasteiger partial charge >= 0.3 is 7.32 Å². The van der Waals surface area contributed by atoms with Crippen LogP contribution in [0, 0.1) is 0 Å². The van der Waals surface area contributed by atoms with Gasteiger partial charge in [0.25, 0.3) is 0 Å². The van der Waals surface area contributed by atoms with Crippen LogP contribution in [0.5, 0.6) is 0 Å². The fourth-order valence-electron chi connectivity index (χ4n) is 0. The zero-order chi connectivity index (χ0) is 11.6. The molecule has 0 aromatic carbocycles. The molecule has 0 bridgehead atoms. The number of rotatable bonds is 0. The van der Waals surface area contributed by atoms with Crippen LogP contribution in [0.25, 0.3) is 0 Å². The summed E-state index contributed by atoms with van der Waals surface area (Å²) < 4.78 is 0. The molecule has 0 aliphatic carbocycles. The van der Waals surface area contributed by atoms with Gasteiger partial charge in [0, 0.05) is 0 Å². The van der Waals surface area contributed by atoms with E-state index in [4.69, 9.17) is 15.1 Å². The van der Waals surface area contributed by atoms with Gasteiger partial charge in [0.15, 0.2) is 0 Å². The molecule has 72 valence electrons. The van der Waals surface area contributed by atoms with Crippen molar-refractivity contribution in [2.24, 2.45) is 0 Å². The first-order chi connectivity index (χ1) is 5.73. The van der Waals surface area contributed by atoms with Crippen molar-refractivity contribution in [1.29, 1.82) is 0 Å². The van der Waals surface area contributed by atoms with Gasteiger partial charge in [0.1, 0.15) is 0 Å². The Hall–Kier alpha value is -1.10. The molecule has 0 amide bonds. The topological polar surface area (TPSA) is 60.7 Å². The van der Waals surface area contributed by atoms with Crippen molar-refractivity contribution < 1.29 is 15.1 Å². The van der Waals surface area contributed by atoms with Crippen molar-refractivity contribution in [3.8, 4) is 0 Å². The van der Waals surface area contributed by atoms with Gasteiger partial charge in [-0.25, -0.2) is 0 Å². The van der Waals surface area contributed by atoms with Gasteiger partial charge in [0.05, 0.1) is 0 Å². The van der Waals surface area contributed by atoms with Gasteiger partial charge in [-0.1, -0.05) is 0 Å². The zero-order valence-corrected chi connectivity index (χ0v) is 7.58. The van der Waals surface area contributed by atoms with E-state index in [1.807, 2.05) is 0 Å². The molecule has 0 rings (SSSR count). The molecule has 0 aromatic rings. The highest BCUT2D eigenvalue weighted by Gasteiger charge is 1.92. The number of hydrogen-bond donors (Lipinski definition) is 3. The van der Waals surface area contributed by atoms with Crippen LogP contribution in [0.3, 0.4) is 0 Å². The van der Waals surface area contributed by atoms with Gasteiger partial charge in [0.2, 0.25) is 0 Å². The molecule has 0 unspecified atom stereocenters. The lowest BCUT2D eigenvalue weighted by molar-refractivity contribution is 0.278. The SMILES string of the molecule is C=C.C=C.C=C.C=C.OB(O)O. The van der Waals surface area contributed by atoms with Crippen molar-refractivity contribution in [3.05, 3.63) is 52.6 Å². The molecule has 0 aliphatic heterocycles. The minimum absolute atomic E-state index is 2.17. The Morgan fingerprint density at radius 1 is 0.500 bits per heavy atom. The molecule has 3 nitrogen and oxygen atoms in total. The van der Waals surface area contributed by atoms with Crippen LogP contribution in [0.1, 0.15) is 0 Å². The first-order valence-corrected chi connectivity index (χ1v) is 2.77. The fraction of sp³-hybridized carbons (Fsp3) is 0. The Balaban J connectivity index is -0.0000000181. The Kier molecular flexibility index (Phi) is 553. The predicted octanol–water partition coefficient (Wildman–Crippen LogP) is 1.16. The van der Waals surface area contributed by atoms with Crippen LogP contribution in [0.2, 0.25) is 0 Å². The Morgan fingerprint density at radius 3 is 0.500 bits per heavy atom. The highest BCUT2D eigenvalue weighted by Crippen LogP contribution is 1.40. The number of hydrogen-bond acceptors (Lipinski definition) is 3. The standard InChI is InChI=1S/4C2H4.BH3O3/c4*1-2;2-1(3)4/h4*1-2H2;2-4H. The minimum atomic E-state index is -2.17. The van der Waals surface area contributed by atoms with Crippen LogP contribution in [-0.2, 0) is 0 Å². The van der Waals surface area contributed by atoms with Crippen LogP contribution < -0.4 is 0 Å². The first-order valence-electron chi connectivity index (χ1n) is 2.77. The lowest BCUT2D eigenvalue weighted by Crippen LogP contribution is -2.07. The molecule has 3 N–H and O–H groups in total. The summed E-state index contributed by atoms with van der Waals surface area (Å²) in [5, 5.41) is 21.5. The Labute approximate surface area is 75.9 Å². The smallest absolute Gasteiger partial charge is 0.402 e. The highest BCUT2D eigenvalue weighted by molar-refractivity contribution is 6.30. The molecule has 0 heterocycles. The van der Waals surface area contributed by atoms with E-state index < -0.39 is 7.32 Å². The molecule has 0 aromatic heterocycles. The maximum absolute atomic E-state index is 7.17. The summed E-state index contributed by atoms with van der Waals surface area (Å²) in [6.07, 6.45) is 0. The highest BCUT2D eigenvalue weighted by atomic mass is 16.5. The van der Waals surface area contributed by atoms with Crippen LogP contribution in [-0.4, -0.2) is 22.4 Å². The van der Waals surface area contributed by atoms with Gasteiger partial charge in [-0.3, -0.25) is 0 Å². The second-order valence-electron chi connectivity index (χ2n) is 0.346. The molecule has 0 saturated heterocycles. The summed E-state index contributed by atoms with van der Waals surface area (Å²) in [6.45, 7) is 24.0. The molecule has 0 aliphatic rings. The quantitative estimate of drug-likeness (QED) is 0.381. The molecular formula is C8H19BO3. The van der Waals surface area contributed by atoms with E-state index in [1.54, 1.807) is 0 Å². The molecule has 12 heavy (non-hydrogen) atoms. The van der Waals surface area contributed by atoms with E-state index in [0.29, 0.717) is 0 Å². The average Bonchev–Trinajstić information content (AvgIpc) is 2.16. The molecule has 0 radical (unpaired) electrons. The third-order valence-corrected chi connectivity index (χ3v) is 0. The normalized spacial score (nSPS) is 3.58. The average molecular weight is 174 g/mol. The van der Waals surface area contributed by atoms with E-state index in [0.717, 1.165) is 0 Å². The molecule has 4 heteroatoms. The molecule has 0 atom stereocenters. The monoisotopic (exact) mass is 174 g/mol. The minimum Gasteiger partial charge on any atom is -0.402 e. The summed E-state index contributed by atoms with van der Waals surface area (Å²) in [6, 6.07) is 0. The third kappa shape index (κ3) is 464. The van der Waals surface area contributed by atoms with E-state index in [2.05, 4.69) is 52.6 Å². The van der Waals surface area contributed by atoms with Crippen molar-refractivity contribution >= 4 is 7.32 Å². The molecule has 0 fully saturated rings. The summed E-state index contributed by atoms with van der Waals surface area (Å²) in [4.78, 5) is 0. The molecule has 0 spiro atoms. The summed E-state index contributed by atoms with van der Waals surface area (Å²) in [7, 11) is -2.17. The molecular weight excluding hydrogens is 155 g/mol. The predicted molar refractivity (Wildman–Crippen MR) is 57.4 cm³/mol. The summed E-state index contributed by atoms with van der Waals surface area (Å²) in [5.74, 6) is 0. The second-order valence-corrected chi connectivity index (χ2v) is 0.346. The van der Waals surface area contributed by atoms with E-state index in [9.17, 15) is 0 Å². The lowest BCUT2D eigenvalue weighted by atomic mass is 10.3. The van der Waals surface area contributed by atoms with Gasteiger partial charge < -0.3 is 15.1 Å². The van der Waals surface area contributed by atoms with Crippen molar-refractivity contribution in [3.63, 3.8) is 0 Å². The Morgan fingerprint density at radius 2 is 0.500 bits per heavy atom. The van der Waals surface area contributed by atoms with Gasteiger partial charge in [-0.2, -0.15) is 0 Å². The van der Waals surface area contributed by atoms with Crippen molar-refractivity contribution in [2.75, 3.05) is 0 Å². The van der Waals surface area contributed by atoms with Crippen LogP contribution in [0.15, 0.2) is 52.6 Å². The van der Waals surface area contributed by atoms with Gasteiger partial charge in [-0.05, 0) is 0 Å². The maximum Gasteiger partial charge on any atom is 0.631 e.